The average Bonchev–Trinajstić information content (AvgIpc) is 2.21. The maximum Gasteiger partial charge on any atom is 0.293 e. The number of hydrogen-bond acceptors (Lipinski definition) is 5. The Morgan fingerprint density at radius 2 is 1.36 bits per heavy atom. The average molecular weight is 206 g/mol. The topological polar surface area (TPSA) is 54.0 Å². The highest BCUT2D eigenvalue weighted by molar-refractivity contribution is 5.36. The molecule has 0 bridgehead atoms. The lowest BCUT2D eigenvalue weighted by Gasteiger charge is -2.05. The van der Waals surface area contributed by atoms with E-state index in [1.54, 1.807) is 0 Å². The molecule has 5 heteroatoms. The van der Waals surface area contributed by atoms with Crippen molar-refractivity contribution in [1.29, 1.82) is 0 Å². The number of carbonyl (C=O) groups excluding carboxylic acids is 1. The van der Waals surface area contributed by atoms with Gasteiger partial charge in [0.2, 0.25) is 0 Å². The van der Waals surface area contributed by atoms with Crippen LogP contribution in [-0.4, -0.2) is 52.7 Å². The van der Waals surface area contributed by atoms with Gasteiger partial charge in [-0.2, -0.15) is 0 Å². The third-order valence-electron chi connectivity index (χ3n) is 1.36. The van der Waals surface area contributed by atoms with E-state index in [0.29, 0.717) is 52.7 Å². The fourth-order valence-corrected chi connectivity index (χ4v) is 0.739. The van der Waals surface area contributed by atoms with E-state index in [1.807, 2.05) is 6.92 Å². The molecular formula is C9H18O5. The Labute approximate surface area is 84.3 Å². The van der Waals surface area contributed by atoms with Crippen molar-refractivity contribution in [3.63, 3.8) is 0 Å². The van der Waals surface area contributed by atoms with E-state index >= 15 is 0 Å². The Bertz CT molecular complexity index is 118. The summed E-state index contributed by atoms with van der Waals surface area (Å²) < 4.78 is 19.8. The van der Waals surface area contributed by atoms with E-state index in [1.165, 1.54) is 0 Å². The summed E-state index contributed by atoms with van der Waals surface area (Å²) in [7, 11) is 0. The van der Waals surface area contributed by atoms with E-state index in [-0.39, 0.29) is 0 Å². The van der Waals surface area contributed by atoms with Gasteiger partial charge in [-0.05, 0) is 6.92 Å². The minimum absolute atomic E-state index is 0.294. The van der Waals surface area contributed by atoms with Crippen molar-refractivity contribution in [2.75, 3.05) is 46.2 Å². The molecule has 0 radical (unpaired) electrons. The second kappa shape index (κ2) is 12.3. The summed E-state index contributed by atoms with van der Waals surface area (Å²) in [6.45, 7) is 6.01. The molecule has 0 rings (SSSR count). The summed E-state index contributed by atoms with van der Waals surface area (Å²) in [5.74, 6) is 0. The van der Waals surface area contributed by atoms with Crippen molar-refractivity contribution in [1.82, 2.24) is 0 Å². The summed E-state index contributed by atoms with van der Waals surface area (Å²) >= 11 is 0. The molecule has 0 aliphatic carbocycles. The van der Waals surface area contributed by atoms with Crippen molar-refractivity contribution >= 4 is 6.47 Å². The summed E-state index contributed by atoms with van der Waals surface area (Å²) in [4.78, 5) is 9.72. The Morgan fingerprint density at radius 1 is 0.857 bits per heavy atom. The van der Waals surface area contributed by atoms with Crippen molar-refractivity contribution < 1.29 is 23.7 Å². The minimum Gasteiger partial charge on any atom is -0.465 e. The van der Waals surface area contributed by atoms with E-state index in [0.717, 1.165) is 0 Å². The van der Waals surface area contributed by atoms with E-state index in [4.69, 9.17) is 14.2 Å². The third-order valence-corrected chi connectivity index (χ3v) is 1.36. The van der Waals surface area contributed by atoms with Gasteiger partial charge in [-0.25, -0.2) is 0 Å². The van der Waals surface area contributed by atoms with Gasteiger partial charge in [0.05, 0.1) is 33.0 Å². The highest BCUT2D eigenvalue weighted by Crippen LogP contribution is 1.81. The molecule has 0 unspecified atom stereocenters. The van der Waals surface area contributed by atoms with Crippen LogP contribution < -0.4 is 0 Å². The van der Waals surface area contributed by atoms with Gasteiger partial charge in [-0.15, -0.1) is 0 Å². The fraction of sp³-hybridized carbons (Fsp3) is 0.889. The standard InChI is InChI=1S/C9H18O5/c1-2-11-3-4-12-5-6-13-7-8-14-9-10/h9H,2-8H2,1H3. The Balaban J connectivity index is 2.81. The molecule has 0 heterocycles. The molecule has 0 amide bonds. The first-order valence-corrected chi connectivity index (χ1v) is 4.70. The Kier molecular flexibility index (Phi) is 11.8. The molecule has 0 fully saturated rings. The van der Waals surface area contributed by atoms with Gasteiger partial charge in [0.25, 0.3) is 6.47 Å². The third kappa shape index (κ3) is 11.4. The van der Waals surface area contributed by atoms with E-state index in [2.05, 4.69) is 4.74 Å². The molecule has 0 aromatic heterocycles. The van der Waals surface area contributed by atoms with Gasteiger partial charge in [0.15, 0.2) is 0 Å². The molecule has 14 heavy (non-hydrogen) atoms. The zero-order valence-electron chi connectivity index (χ0n) is 8.57. The van der Waals surface area contributed by atoms with Gasteiger partial charge < -0.3 is 18.9 Å². The molecule has 0 aliphatic heterocycles. The summed E-state index contributed by atoms with van der Waals surface area (Å²) in [6, 6.07) is 0. The van der Waals surface area contributed by atoms with Crippen molar-refractivity contribution in [3.8, 4) is 0 Å². The normalized spacial score (nSPS) is 10.1. The van der Waals surface area contributed by atoms with Crippen molar-refractivity contribution in [3.05, 3.63) is 0 Å². The van der Waals surface area contributed by atoms with Crippen LogP contribution in [0.15, 0.2) is 0 Å². The first-order valence-electron chi connectivity index (χ1n) is 4.70. The number of hydrogen-bond donors (Lipinski definition) is 0. The lowest BCUT2D eigenvalue weighted by Crippen LogP contribution is -2.11. The second-order valence-electron chi connectivity index (χ2n) is 2.39. The molecule has 84 valence electrons. The molecule has 0 saturated heterocycles. The fourth-order valence-electron chi connectivity index (χ4n) is 0.739. The molecule has 0 saturated carbocycles. The Morgan fingerprint density at radius 3 is 1.86 bits per heavy atom. The van der Waals surface area contributed by atoms with Crippen LogP contribution in [0.3, 0.4) is 0 Å². The van der Waals surface area contributed by atoms with Gasteiger partial charge in [-0.1, -0.05) is 0 Å². The number of carbonyl (C=O) groups is 1. The zero-order chi connectivity index (χ0) is 10.5. The largest absolute Gasteiger partial charge is 0.465 e. The van der Waals surface area contributed by atoms with Gasteiger partial charge >= 0.3 is 0 Å². The van der Waals surface area contributed by atoms with Crippen LogP contribution in [0.4, 0.5) is 0 Å². The maximum absolute atomic E-state index is 9.72. The van der Waals surface area contributed by atoms with Crippen LogP contribution in [0.2, 0.25) is 0 Å². The van der Waals surface area contributed by atoms with Gasteiger partial charge in [0, 0.05) is 6.61 Å². The van der Waals surface area contributed by atoms with Crippen LogP contribution in [-0.2, 0) is 23.7 Å². The second-order valence-corrected chi connectivity index (χ2v) is 2.39. The van der Waals surface area contributed by atoms with Crippen LogP contribution in [0.25, 0.3) is 0 Å². The van der Waals surface area contributed by atoms with Crippen LogP contribution in [0.5, 0.6) is 0 Å². The quantitative estimate of drug-likeness (QED) is 0.358. The van der Waals surface area contributed by atoms with Crippen molar-refractivity contribution in [2.45, 2.75) is 6.92 Å². The smallest absolute Gasteiger partial charge is 0.293 e. The molecule has 0 N–H and O–H groups in total. The molecule has 0 aromatic rings. The highest BCUT2D eigenvalue weighted by Gasteiger charge is 1.90. The lowest BCUT2D eigenvalue weighted by molar-refractivity contribution is -0.130. The predicted octanol–water partition coefficient (Wildman–Crippen LogP) is 0.229. The molecule has 0 aliphatic rings. The maximum atomic E-state index is 9.72. The number of rotatable bonds is 11. The first-order chi connectivity index (χ1) is 6.91. The highest BCUT2D eigenvalue weighted by atomic mass is 16.6. The first kappa shape index (κ1) is 13.4. The minimum atomic E-state index is 0.294. The monoisotopic (exact) mass is 206 g/mol. The van der Waals surface area contributed by atoms with Crippen LogP contribution >= 0.6 is 0 Å². The molecule has 0 atom stereocenters. The number of ether oxygens (including phenoxy) is 4. The molecule has 0 spiro atoms. The summed E-state index contributed by atoms with van der Waals surface area (Å²) in [5, 5.41) is 0. The van der Waals surface area contributed by atoms with E-state index in [9.17, 15) is 4.79 Å². The SMILES string of the molecule is CCOCCOCCOCCOC=O. The van der Waals surface area contributed by atoms with Gasteiger partial charge in [-0.3, -0.25) is 4.79 Å². The predicted molar refractivity (Wildman–Crippen MR) is 50.1 cm³/mol. The zero-order valence-corrected chi connectivity index (χ0v) is 8.57. The molecule has 5 nitrogen and oxygen atoms in total. The van der Waals surface area contributed by atoms with E-state index < -0.39 is 0 Å². The van der Waals surface area contributed by atoms with Gasteiger partial charge in [0.1, 0.15) is 6.61 Å². The molecular weight excluding hydrogens is 188 g/mol. The summed E-state index contributed by atoms with van der Waals surface area (Å²) in [5.41, 5.74) is 0. The van der Waals surface area contributed by atoms with Crippen LogP contribution in [0.1, 0.15) is 6.92 Å². The lowest BCUT2D eigenvalue weighted by atomic mass is 10.7. The Hall–Kier alpha value is -0.650. The van der Waals surface area contributed by atoms with Crippen molar-refractivity contribution in [2.24, 2.45) is 0 Å². The van der Waals surface area contributed by atoms with Crippen LogP contribution in [0, 0.1) is 0 Å². The molecule has 0 aromatic carbocycles. The summed E-state index contributed by atoms with van der Waals surface area (Å²) in [6.07, 6.45) is 0.